The molecule has 160 valence electrons. The molecule has 4 aromatic rings. The van der Waals surface area contributed by atoms with Crippen LogP contribution in [-0.2, 0) is 4.79 Å². The van der Waals surface area contributed by atoms with Gasteiger partial charge in [0.05, 0.1) is 25.0 Å². The fraction of sp³-hybridized carbons (Fsp3) is 0.0769. The van der Waals surface area contributed by atoms with Crippen molar-refractivity contribution in [2.75, 3.05) is 17.7 Å². The summed E-state index contributed by atoms with van der Waals surface area (Å²) in [6.07, 6.45) is 1.43. The molecule has 0 unspecified atom stereocenters. The minimum Gasteiger partial charge on any atom is -0.494 e. The number of carbonyl (C=O) groups excluding carboxylic acids is 2. The summed E-state index contributed by atoms with van der Waals surface area (Å²) in [7, 11) is 1.50. The summed E-state index contributed by atoms with van der Waals surface area (Å²) >= 11 is 0. The minimum absolute atomic E-state index is 0.170. The van der Waals surface area contributed by atoms with Crippen molar-refractivity contribution in [3.05, 3.63) is 114 Å². The van der Waals surface area contributed by atoms with E-state index in [4.69, 9.17) is 9.15 Å². The van der Waals surface area contributed by atoms with Crippen LogP contribution in [0.4, 0.5) is 11.4 Å². The first-order valence-corrected chi connectivity index (χ1v) is 10.1. The van der Waals surface area contributed by atoms with E-state index in [-0.39, 0.29) is 11.7 Å². The molecule has 3 aromatic carbocycles. The Bertz CT molecular complexity index is 1150. The Kier molecular flexibility index (Phi) is 6.32. The second-order valence-electron chi connectivity index (χ2n) is 7.09. The number of carbonyl (C=O) groups is 2. The maximum absolute atomic E-state index is 13.3. The Labute approximate surface area is 185 Å². The summed E-state index contributed by atoms with van der Waals surface area (Å²) in [5, 5.41) is 5.72. The average molecular weight is 426 g/mol. The zero-order valence-corrected chi connectivity index (χ0v) is 17.4. The number of nitrogens with one attached hydrogen (secondary N) is 2. The highest BCUT2D eigenvalue weighted by molar-refractivity contribution is 6.03. The van der Waals surface area contributed by atoms with Crippen molar-refractivity contribution in [1.82, 2.24) is 0 Å². The van der Waals surface area contributed by atoms with Crippen LogP contribution in [0.3, 0.4) is 0 Å². The van der Waals surface area contributed by atoms with Crippen LogP contribution in [0.2, 0.25) is 0 Å². The number of methoxy groups -OCH3 is 1. The summed E-state index contributed by atoms with van der Waals surface area (Å²) in [5.41, 5.74) is 2.81. The van der Waals surface area contributed by atoms with Gasteiger partial charge in [-0.2, -0.15) is 0 Å². The average Bonchev–Trinajstić information content (AvgIpc) is 3.37. The van der Waals surface area contributed by atoms with Gasteiger partial charge in [-0.15, -0.1) is 0 Å². The second-order valence-corrected chi connectivity index (χ2v) is 7.09. The lowest BCUT2D eigenvalue weighted by Crippen LogP contribution is -2.22. The molecule has 0 radical (unpaired) electrons. The highest BCUT2D eigenvalue weighted by Gasteiger charge is 2.23. The topological polar surface area (TPSA) is 80.6 Å². The van der Waals surface area contributed by atoms with Crippen LogP contribution in [0.25, 0.3) is 0 Å². The Morgan fingerprint density at radius 3 is 2.03 bits per heavy atom. The van der Waals surface area contributed by atoms with Crippen LogP contribution in [0.1, 0.15) is 27.6 Å². The van der Waals surface area contributed by atoms with Crippen molar-refractivity contribution < 1.29 is 18.7 Å². The van der Waals surface area contributed by atoms with Gasteiger partial charge in [-0.25, -0.2) is 0 Å². The second kappa shape index (κ2) is 9.66. The first-order valence-electron chi connectivity index (χ1n) is 10.1. The maximum atomic E-state index is 13.3. The molecule has 0 atom stereocenters. The molecule has 4 rings (SSSR count). The Morgan fingerprint density at radius 1 is 0.812 bits per heavy atom. The minimum atomic E-state index is -0.471. The molecule has 0 aliphatic rings. The number of ether oxygens (including phenoxy) is 1. The van der Waals surface area contributed by atoms with Gasteiger partial charge >= 0.3 is 0 Å². The van der Waals surface area contributed by atoms with Crippen LogP contribution >= 0.6 is 0 Å². The summed E-state index contributed by atoms with van der Waals surface area (Å²) in [6.45, 7) is 0. The number of hydrogen-bond donors (Lipinski definition) is 2. The molecule has 0 aliphatic heterocycles. The van der Waals surface area contributed by atoms with Crippen molar-refractivity contribution >= 4 is 23.2 Å². The Morgan fingerprint density at radius 2 is 1.47 bits per heavy atom. The molecule has 1 aromatic heterocycles. The largest absolute Gasteiger partial charge is 0.494 e. The van der Waals surface area contributed by atoms with Crippen molar-refractivity contribution in [3.63, 3.8) is 0 Å². The van der Waals surface area contributed by atoms with E-state index in [1.165, 1.54) is 13.4 Å². The maximum Gasteiger partial charge on any atom is 0.291 e. The summed E-state index contributed by atoms with van der Waals surface area (Å²) in [4.78, 5) is 25.6. The van der Waals surface area contributed by atoms with E-state index in [1.807, 2.05) is 60.7 Å². The summed E-state index contributed by atoms with van der Waals surface area (Å²) in [5.74, 6) is -0.423. The lowest BCUT2D eigenvalue weighted by Gasteiger charge is -2.19. The van der Waals surface area contributed by atoms with E-state index in [0.717, 1.165) is 11.1 Å². The van der Waals surface area contributed by atoms with Gasteiger partial charge in [-0.1, -0.05) is 60.7 Å². The van der Waals surface area contributed by atoms with Gasteiger partial charge in [-0.3, -0.25) is 9.59 Å². The van der Waals surface area contributed by atoms with Gasteiger partial charge in [0, 0.05) is 11.8 Å². The lowest BCUT2D eigenvalue weighted by molar-refractivity contribution is -0.116. The molecule has 0 bridgehead atoms. The third kappa shape index (κ3) is 4.70. The monoisotopic (exact) mass is 426 g/mol. The third-order valence-electron chi connectivity index (χ3n) is 4.99. The number of furan rings is 1. The van der Waals surface area contributed by atoms with E-state index in [0.29, 0.717) is 17.1 Å². The number of hydrogen-bond acceptors (Lipinski definition) is 4. The van der Waals surface area contributed by atoms with Gasteiger partial charge in [0.2, 0.25) is 5.91 Å². The number of benzene rings is 3. The Balaban J connectivity index is 1.57. The van der Waals surface area contributed by atoms with Crippen LogP contribution in [0.5, 0.6) is 5.75 Å². The van der Waals surface area contributed by atoms with Crippen LogP contribution in [-0.4, -0.2) is 18.9 Å². The van der Waals surface area contributed by atoms with Crippen molar-refractivity contribution in [1.29, 1.82) is 0 Å². The molecule has 2 amide bonds. The quantitative estimate of drug-likeness (QED) is 0.420. The molecule has 0 spiro atoms. The molecule has 0 saturated heterocycles. The van der Waals surface area contributed by atoms with Crippen molar-refractivity contribution in [3.8, 4) is 5.75 Å². The van der Waals surface area contributed by atoms with E-state index >= 15 is 0 Å². The molecule has 32 heavy (non-hydrogen) atoms. The van der Waals surface area contributed by atoms with E-state index in [1.54, 1.807) is 30.3 Å². The smallest absolute Gasteiger partial charge is 0.291 e. The predicted octanol–water partition coefficient (Wildman–Crippen LogP) is 5.31. The van der Waals surface area contributed by atoms with Gasteiger partial charge in [0.1, 0.15) is 5.75 Å². The zero-order valence-electron chi connectivity index (χ0n) is 17.4. The summed E-state index contributed by atoms with van der Waals surface area (Å²) in [6, 6.07) is 27.5. The van der Waals surface area contributed by atoms with E-state index < -0.39 is 11.8 Å². The van der Waals surface area contributed by atoms with E-state index in [2.05, 4.69) is 10.6 Å². The molecule has 0 saturated carbocycles. The van der Waals surface area contributed by atoms with E-state index in [9.17, 15) is 9.59 Å². The van der Waals surface area contributed by atoms with Crippen molar-refractivity contribution in [2.24, 2.45) is 0 Å². The van der Waals surface area contributed by atoms with Gasteiger partial charge in [0.25, 0.3) is 5.91 Å². The Hall–Kier alpha value is -4.32. The molecular weight excluding hydrogens is 404 g/mol. The lowest BCUT2D eigenvalue weighted by atomic mass is 9.90. The third-order valence-corrected chi connectivity index (χ3v) is 4.99. The van der Waals surface area contributed by atoms with Gasteiger partial charge in [0.15, 0.2) is 5.76 Å². The molecule has 6 nitrogen and oxygen atoms in total. The number of rotatable bonds is 7. The SMILES string of the molecule is COc1cc(NC(=O)C(c2ccccc2)c2ccccc2)ccc1NC(=O)c1ccco1. The highest BCUT2D eigenvalue weighted by Crippen LogP contribution is 2.31. The van der Waals surface area contributed by atoms with Crippen molar-refractivity contribution in [2.45, 2.75) is 5.92 Å². The fourth-order valence-electron chi connectivity index (χ4n) is 3.46. The molecule has 0 aliphatic carbocycles. The molecule has 2 N–H and O–H groups in total. The number of amides is 2. The molecule has 6 heteroatoms. The van der Waals surface area contributed by atoms with Gasteiger partial charge in [-0.05, 0) is 35.4 Å². The zero-order chi connectivity index (χ0) is 22.3. The molecule has 1 heterocycles. The standard InChI is InChI=1S/C26H22N2O4/c1-31-23-17-20(14-15-21(23)28-25(29)22-13-8-16-32-22)27-26(30)24(18-9-4-2-5-10-18)19-11-6-3-7-12-19/h2-17,24H,1H3,(H,27,30)(H,28,29). The first-order chi connectivity index (χ1) is 15.7. The predicted molar refractivity (Wildman–Crippen MR) is 123 cm³/mol. The van der Waals surface area contributed by atoms with Gasteiger partial charge < -0.3 is 19.8 Å². The molecule has 0 fully saturated rings. The van der Waals surface area contributed by atoms with Crippen LogP contribution < -0.4 is 15.4 Å². The first kappa shape index (κ1) is 20.9. The van der Waals surface area contributed by atoms with Crippen LogP contribution in [0, 0.1) is 0 Å². The highest BCUT2D eigenvalue weighted by atomic mass is 16.5. The summed E-state index contributed by atoms with van der Waals surface area (Å²) < 4.78 is 10.5. The molecular formula is C26H22N2O4. The number of anilines is 2. The fourth-order valence-corrected chi connectivity index (χ4v) is 3.46. The van der Waals surface area contributed by atoms with Crippen LogP contribution in [0.15, 0.2) is 102 Å². The normalized spacial score (nSPS) is 10.6.